The summed E-state index contributed by atoms with van der Waals surface area (Å²) in [6, 6.07) is 6.45. The topological polar surface area (TPSA) is 87.8 Å². The summed E-state index contributed by atoms with van der Waals surface area (Å²) in [6.07, 6.45) is 5.86. The predicted octanol–water partition coefficient (Wildman–Crippen LogP) is 3.33. The summed E-state index contributed by atoms with van der Waals surface area (Å²) in [7, 11) is 3.91. The highest BCUT2D eigenvalue weighted by atomic mass is 16.5. The van der Waals surface area contributed by atoms with Crippen LogP contribution in [0.4, 0.5) is 5.82 Å². The van der Waals surface area contributed by atoms with E-state index < -0.39 is 0 Å². The second kappa shape index (κ2) is 11.1. The molecule has 0 saturated carbocycles. The first kappa shape index (κ1) is 26.6. The third-order valence-electron chi connectivity index (χ3n) is 8.44. The Morgan fingerprint density at radius 1 is 0.975 bits per heavy atom. The first-order chi connectivity index (χ1) is 19.4. The molecule has 3 aromatic heterocycles. The molecule has 2 saturated heterocycles. The van der Waals surface area contributed by atoms with E-state index in [1.807, 2.05) is 23.8 Å². The Bertz CT molecular complexity index is 1490. The number of hydrogen-bond acceptors (Lipinski definition) is 9. The lowest BCUT2D eigenvalue weighted by Gasteiger charge is -2.32. The average molecular weight is 542 g/mol. The van der Waals surface area contributed by atoms with Crippen molar-refractivity contribution in [1.82, 2.24) is 39.3 Å². The Morgan fingerprint density at radius 2 is 1.80 bits per heavy atom. The van der Waals surface area contributed by atoms with E-state index in [0.29, 0.717) is 11.7 Å². The Balaban J connectivity index is 1.12. The second-order valence-corrected chi connectivity index (χ2v) is 11.3. The third kappa shape index (κ3) is 5.38. The minimum atomic E-state index is 0.524. The lowest BCUT2D eigenvalue weighted by atomic mass is 9.96. The molecule has 0 radical (unpaired) electrons. The van der Waals surface area contributed by atoms with Gasteiger partial charge in [-0.3, -0.25) is 9.88 Å². The number of benzene rings is 1. The first-order valence-electron chi connectivity index (χ1n) is 14.2. The molecule has 0 bridgehead atoms. The number of hydrogen-bond donors (Lipinski definition) is 0. The van der Waals surface area contributed by atoms with Crippen molar-refractivity contribution in [3.8, 4) is 17.0 Å². The smallest absolute Gasteiger partial charge is 0.252 e. The van der Waals surface area contributed by atoms with Crippen LogP contribution in [-0.2, 0) is 13.0 Å². The maximum Gasteiger partial charge on any atom is 0.252 e. The van der Waals surface area contributed by atoms with Crippen LogP contribution in [0.5, 0.6) is 5.75 Å². The van der Waals surface area contributed by atoms with Gasteiger partial charge in [0.05, 0.1) is 25.2 Å². The molecule has 2 aliphatic heterocycles. The zero-order valence-electron chi connectivity index (χ0n) is 24.3. The van der Waals surface area contributed by atoms with Gasteiger partial charge in [-0.15, -0.1) is 0 Å². The number of methoxy groups -OCH3 is 1. The van der Waals surface area contributed by atoms with E-state index >= 15 is 0 Å². The number of fused-ring (bicyclic) bond motifs is 1. The molecule has 6 rings (SSSR count). The van der Waals surface area contributed by atoms with Gasteiger partial charge in [0.2, 0.25) is 0 Å². The van der Waals surface area contributed by atoms with Crippen LogP contribution in [0.25, 0.3) is 17.0 Å². The number of anilines is 1. The van der Waals surface area contributed by atoms with Crippen molar-refractivity contribution in [2.45, 2.75) is 40.2 Å². The zero-order chi connectivity index (χ0) is 27.8. The number of nitrogens with zero attached hydrogens (tertiary/aromatic N) is 9. The molecule has 0 N–H and O–H groups in total. The van der Waals surface area contributed by atoms with Gasteiger partial charge in [-0.2, -0.15) is 10.1 Å². The Kier molecular flexibility index (Phi) is 7.37. The molecular formula is C30H39N9O. The molecule has 0 spiro atoms. The molecule has 0 aliphatic carbocycles. The van der Waals surface area contributed by atoms with E-state index in [4.69, 9.17) is 19.7 Å². The molecule has 0 amide bonds. The van der Waals surface area contributed by atoms with Gasteiger partial charge in [-0.05, 0) is 69.8 Å². The summed E-state index contributed by atoms with van der Waals surface area (Å²) in [5.41, 5.74) is 6.51. The van der Waals surface area contributed by atoms with Gasteiger partial charge < -0.3 is 14.5 Å². The molecule has 0 unspecified atom stereocenters. The minimum absolute atomic E-state index is 0.524. The fourth-order valence-electron chi connectivity index (χ4n) is 6.03. The molecule has 10 nitrogen and oxygen atoms in total. The number of rotatable bonds is 7. The van der Waals surface area contributed by atoms with Crippen molar-refractivity contribution >= 4 is 11.6 Å². The lowest BCUT2D eigenvalue weighted by molar-refractivity contribution is 0.148. The standard InChI is InChI=1S/C30H39N9O/c1-20-26(21(2)39-30(33-20)34-22(3)35-39)14-24-8-9-38(19-24)29-17-31-27(16-32-29)25-7-6-23(15-28(25)40-5)18-37-12-10-36(4)11-13-37/h6-7,15-17,24H,8-14,18-19H2,1-5H3/t24-/m0/s1. The quantitative estimate of drug-likeness (QED) is 0.350. The number of likely N-dealkylation sites (N-methyl/N-ethyl adjacent to an activating group) is 1. The molecule has 1 aromatic carbocycles. The maximum atomic E-state index is 5.77. The van der Waals surface area contributed by atoms with Gasteiger partial charge >= 0.3 is 0 Å². The van der Waals surface area contributed by atoms with E-state index in [9.17, 15) is 0 Å². The summed E-state index contributed by atoms with van der Waals surface area (Å²) in [5.74, 6) is 3.72. The highest BCUT2D eigenvalue weighted by Gasteiger charge is 2.26. The van der Waals surface area contributed by atoms with Gasteiger partial charge in [0, 0.05) is 62.8 Å². The number of ether oxygens (including phenoxy) is 1. The summed E-state index contributed by atoms with van der Waals surface area (Å²) >= 11 is 0. The molecule has 40 heavy (non-hydrogen) atoms. The maximum absolute atomic E-state index is 5.77. The van der Waals surface area contributed by atoms with Crippen molar-refractivity contribution in [2.75, 3.05) is 58.3 Å². The van der Waals surface area contributed by atoms with Gasteiger partial charge in [-0.1, -0.05) is 6.07 Å². The van der Waals surface area contributed by atoms with E-state index in [1.165, 1.54) is 11.1 Å². The SMILES string of the molecule is COc1cc(CN2CCN(C)CC2)ccc1-c1cnc(N2CC[C@@H](Cc3c(C)nc4nc(C)nn4c3C)C2)cn1. The molecule has 10 heteroatoms. The monoisotopic (exact) mass is 541 g/mol. The van der Waals surface area contributed by atoms with Crippen molar-refractivity contribution in [3.63, 3.8) is 0 Å². The number of piperazine rings is 1. The zero-order valence-corrected chi connectivity index (χ0v) is 24.3. The summed E-state index contributed by atoms with van der Waals surface area (Å²) in [5, 5.41) is 4.53. The van der Waals surface area contributed by atoms with Gasteiger partial charge in [0.25, 0.3) is 5.78 Å². The van der Waals surface area contributed by atoms with Crippen LogP contribution in [0.2, 0.25) is 0 Å². The summed E-state index contributed by atoms with van der Waals surface area (Å²) in [4.78, 5) is 26.0. The van der Waals surface area contributed by atoms with Gasteiger partial charge in [0.15, 0.2) is 0 Å². The first-order valence-corrected chi connectivity index (χ1v) is 14.2. The Morgan fingerprint density at radius 3 is 2.55 bits per heavy atom. The van der Waals surface area contributed by atoms with E-state index in [1.54, 1.807) is 7.11 Å². The predicted molar refractivity (Wildman–Crippen MR) is 156 cm³/mol. The van der Waals surface area contributed by atoms with Crippen molar-refractivity contribution in [1.29, 1.82) is 0 Å². The summed E-state index contributed by atoms with van der Waals surface area (Å²) in [6.45, 7) is 13.4. The molecular weight excluding hydrogens is 502 g/mol. The van der Waals surface area contributed by atoms with Crippen molar-refractivity contribution in [2.24, 2.45) is 5.92 Å². The number of aromatic nitrogens is 6. The Labute approximate surface area is 236 Å². The number of aryl methyl sites for hydroxylation is 3. The van der Waals surface area contributed by atoms with Crippen LogP contribution in [0, 0.1) is 26.7 Å². The highest BCUT2D eigenvalue weighted by Crippen LogP contribution is 2.32. The molecule has 2 fully saturated rings. The van der Waals surface area contributed by atoms with Gasteiger partial charge in [0.1, 0.15) is 17.4 Å². The minimum Gasteiger partial charge on any atom is -0.496 e. The Hall–Kier alpha value is -3.63. The fourth-order valence-corrected chi connectivity index (χ4v) is 6.03. The highest BCUT2D eigenvalue weighted by molar-refractivity contribution is 5.67. The molecule has 1 atom stereocenters. The lowest BCUT2D eigenvalue weighted by Crippen LogP contribution is -2.43. The molecule has 2 aliphatic rings. The second-order valence-electron chi connectivity index (χ2n) is 11.3. The fraction of sp³-hybridized carbons (Fsp3) is 0.500. The van der Waals surface area contributed by atoms with E-state index in [2.05, 4.69) is 63.9 Å². The van der Waals surface area contributed by atoms with Crippen molar-refractivity contribution < 1.29 is 4.74 Å². The van der Waals surface area contributed by atoms with Crippen LogP contribution in [-0.4, -0.2) is 92.8 Å². The van der Waals surface area contributed by atoms with E-state index in [0.717, 1.165) is 98.7 Å². The third-order valence-corrected chi connectivity index (χ3v) is 8.44. The van der Waals surface area contributed by atoms with Crippen LogP contribution in [0.1, 0.15) is 34.8 Å². The van der Waals surface area contributed by atoms with Crippen LogP contribution in [0.15, 0.2) is 30.6 Å². The largest absolute Gasteiger partial charge is 0.496 e. The van der Waals surface area contributed by atoms with Crippen molar-refractivity contribution in [3.05, 3.63) is 58.9 Å². The molecule has 4 aromatic rings. The summed E-state index contributed by atoms with van der Waals surface area (Å²) < 4.78 is 7.65. The van der Waals surface area contributed by atoms with E-state index in [-0.39, 0.29) is 0 Å². The van der Waals surface area contributed by atoms with Crippen LogP contribution < -0.4 is 9.64 Å². The molecule has 210 valence electrons. The van der Waals surface area contributed by atoms with Gasteiger partial charge in [-0.25, -0.2) is 14.5 Å². The molecule has 5 heterocycles. The average Bonchev–Trinajstić information content (AvgIpc) is 3.58. The normalized spacial score (nSPS) is 18.6. The van der Waals surface area contributed by atoms with Crippen LogP contribution >= 0.6 is 0 Å². The van der Waals surface area contributed by atoms with Crippen LogP contribution in [0.3, 0.4) is 0 Å².